The number of allylic oxidation sites excluding steroid dienone is 1. The second-order valence-electron chi connectivity index (χ2n) is 3.88. The number of hydrogen-bond donors (Lipinski definition) is 3. The van der Waals surface area contributed by atoms with Gasteiger partial charge in [-0.15, -0.1) is 0 Å². The highest BCUT2D eigenvalue weighted by molar-refractivity contribution is 5.78. The quantitative estimate of drug-likeness (QED) is 0.575. The van der Waals surface area contributed by atoms with Crippen molar-refractivity contribution in [2.45, 2.75) is 27.7 Å². The fraction of sp³-hybridized carbons (Fsp3) is 0.333. The summed E-state index contributed by atoms with van der Waals surface area (Å²) < 4.78 is 0. The first-order valence-corrected chi connectivity index (χ1v) is 6.08. The van der Waals surface area contributed by atoms with Crippen molar-refractivity contribution in [2.75, 3.05) is 11.9 Å². The molecule has 0 saturated heterocycles. The molecule has 0 saturated carbocycles. The van der Waals surface area contributed by atoms with Crippen LogP contribution in [0.15, 0.2) is 41.5 Å². The average Bonchev–Trinajstić information content (AvgIpc) is 2.34. The van der Waals surface area contributed by atoms with Crippen LogP contribution in [0.5, 0.6) is 0 Å². The van der Waals surface area contributed by atoms with Gasteiger partial charge in [-0.1, -0.05) is 24.3 Å². The van der Waals surface area contributed by atoms with Gasteiger partial charge in [-0.05, 0) is 46.5 Å². The third kappa shape index (κ3) is 13.8. The summed E-state index contributed by atoms with van der Waals surface area (Å²) in [4.78, 5) is 3.78. The molecular formula is C15H26N4. The maximum atomic E-state index is 5.50. The molecule has 0 unspecified atom stereocenters. The monoisotopic (exact) mass is 262 g/mol. The van der Waals surface area contributed by atoms with Crippen molar-refractivity contribution in [3.8, 4) is 0 Å². The lowest BCUT2D eigenvalue weighted by Crippen LogP contribution is -2.04. The number of aryl methyl sites for hydroxylation is 1. The number of amidine groups is 1. The molecule has 4 nitrogen and oxygen atoms in total. The molecule has 0 spiro atoms. The molecule has 0 aliphatic rings. The van der Waals surface area contributed by atoms with Crippen LogP contribution in [0.25, 0.3) is 0 Å². The number of hydrogen-bond acceptors (Lipinski definition) is 3. The first kappa shape index (κ1) is 19.2. The third-order valence-corrected chi connectivity index (χ3v) is 1.80. The van der Waals surface area contributed by atoms with Crippen molar-refractivity contribution in [2.24, 2.45) is 10.7 Å². The first-order chi connectivity index (χ1) is 8.95. The van der Waals surface area contributed by atoms with Gasteiger partial charge in [0.25, 0.3) is 0 Å². The Labute approximate surface area is 117 Å². The molecule has 0 atom stereocenters. The molecule has 106 valence electrons. The zero-order valence-corrected chi connectivity index (χ0v) is 12.5. The zero-order valence-electron chi connectivity index (χ0n) is 12.5. The van der Waals surface area contributed by atoms with Crippen LogP contribution in [0, 0.1) is 12.3 Å². The van der Waals surface area contributed by atoms with Crippen molar-refractivity contribution in [1.82, 2.24) is 0 Å². The number of nitrogens with zero attached hydrogens (tertiary/aromatic N) is 1. The second kappa shape index (κ2) is 12.4. The zero-order chi connectivity index (χ0) is 15.3. The Morgan fingerprint density at radius 2 is 1.74 bits per heavy atom. The lowest BCUT2D eigenvalue weighted by atomic mass is 10.2. The summed E-state index contributed by atoms with van der Waals surface area (Å²) in [6.07, 6.45) is 0. The van der Waals surface area contributed by atoms with E-state index in [-0.39, 0.29) is 0 Å². The van der Waals surface area contributed by atoms with Crippen LogP contribution >= 0.6 is 0 Å². The molecule has 19 heavy (non-hydrogen) atoms. The second-order valence-corrected chi connectivity index (χ2v) is 3.88. The number of nitrogens with one attached hydrogen (secondary N) is 2. The van der Waals surface area contributed by atoms with Crippen LogP contribution in [0.2, 0.25) is 0 Å². The summed E-state index contributed by atoms with van der Waals surface area (Å²) in [6, 6.07) is 8.41. The number of rotatable bonds is 3. The van der Waals surface area contributed by atoms with Gasteiger partial charge in [0, 0.05) is 17.9 Å². The number of benzene rings is 1. The van der Waals surface area contributed by atoms with E-state index in [1.54, 1.807) is 13.8 Å². The van der Waals surface area contributed by atoms with Crippen molar-refractivity contribution in [3.05, 3.63) is 42.1 Å². The van der Waals surface area contributed by atoms with E-state index in [2.05, 4.69) is 61.7 Å². The number of anilines is 1. The summed E-state index contributed by atoms with van der Waals surface area (Å²) in [5, 5.41) is 8.73. The van der Waals surface area contributed by atoms with Crippen LogP contribution in [0.4, 0.5) is 5.69 Å². The van der Waals surface area contributed by atoms with Gasteiger partial charge >= 0.3 is 0 Å². The fourth-order valence-corrected chi connectivity index (χ4v) is 1.18. The number of nitrogens with two attached hydrogens (primary N) is 1. The van der Waals surface area contributed by atoms with E-state index in [0.29, 0.717) is 5.84 Å². The summed E-state index contributed by atoms with van der Waals surface area (Å²) in [5.41, 5.74) is 8.44. The minimum atomic E-state index is 0.563. The lowest BCUT2D eigenvalue weighted by molar-refractivity contribution is 1.21. The van der Waals surface area contributed by atoms with Crippen molar-refractivity contribution >= 4 is 18.2 Å². The van der Waals surface area contributed by atoms with Crippen LogP contribution in [0.1, 0.15) is 26.3 Å². The molecule has 0 aromatic heterocycles. The Morgan fingerprint density at radius 3 is 2.00 bits per heavy atom. The van der Waals surface area contributed by atoms with Crippen LogP contribution < -0.4 is 11.1 Å². The molecule has 0 aliphatic carbocycles. The van der Waals surface area contributed by atoms with Crippen LogP contribution in [-0.2, 0) is 0 Å². The molecule has 4 N–H and O–H groups in total. The Hall–Kier alpha value is -2.10. The molecule has 1 aromatic carbocycles. The molecule has 0 amide bonds. The normalized spacial score (nSPS) is 9.37. The summed E-state index contributed by atoms with van der Waals surface area (Å²) in [5.74, 6) is 0.563. The van der Waals surface area contributed by atoms with Crippen molar-refractivity contribution in [3.63, 3.8) is 0 Å². The van der Waals surface area contributed by atoms with Crippen LogP contribution in [0.3, 0.4) is 0 Å². The molecule has 0 fully saturated rings. The largest absolute Gasteiger partial charge is 0.387 e. The van der Waals surface area contributed by atoms with E-state index >= 15 is 0 Å². The molecule has 1 aromatic rings. The number of aliphatic imine (C=N–C) groups is 1. The van der Waals surface area contributed by atoms with Gasteiger partial charge in [-0.3, -0.25) is 0 Å². The van der Waals surface area contributed by atoms with E-state index in [9.17, 15) is 0 Å². The Balaban J connectivity index is 0. The Kier molecular flexibility index (Phi) is 12.5. The minimum Gasteiger partial charge on any atom is -0.387 e. The van der Waals surface area contributed by atoms with Gasteiger partial charge in [-0.25, -0.2) is 4.99 Å². The van der Waals surface area contributed by atoms with Crippen molar-refractivity contribution in [1.29, 1.82) is 5.41 Å². The SMILES string of the molecule is C=C(C)N=C(C)N.C=N.CCNc1ccc(C)cc1. The van der Waals surface area contributed by atoms with E-state index in [0.717, 1.165) is 12.2 Å². The Morgan fingerprint density at radius 1 is 1.26 bits per heavy atom. The van der Waals surface area contributed by atoms with Crippen molar-refractivity contribution < 1.29 is 0 Å². The Bertz CT molecular complexity index is 376. The molecule has 4 heteroatoms. The highest BCUT2D eigenvalue weighted by Crippen LogP contribution is 2.07. The third-order valence-electron chi connectivity index (χ3n) is 1.80. The minimum absolute atomic E-state index is 0.563. The van der Waals surface area contributed by atoms with Gasteiger partial charge in [0.05, 0.1) is 5.84 Å². The van der Waals surface area contributed by atoms with E-state index in [1.165, 1.54) is 11.3 Å². The maximum absolute atomic E-state index is 5.50. The van der Waals surface area contributed by atoms with Gasteiger partial charge in [-0.2, -0.15) is 0 Å². The summed E-state index contributed by atoms with van der Waals surface area (Å²) in [6.45, 7) is 14.7. The van der Waals surface area contributed by atoms with Gasteiger partial charge in [0.1, 0.15) is 0 Å². The highest BCUT2D eigenvalue weighted by Gasteiger charge is 1.86. The van der Waals surface area contributed by atoms with E-state index in [1.807, 2.05) is 0 Å². The fourth-order valence-electron chi connectivity index (χ4n) is 1.18. The standard InChI is InChI=1S/C9H13N.C5H10N2.CH3N/c1-3-10-9-6-4-8(2)5-7-9;1-4(2)7-5(3)6;1-2/h4-7,10H,3H2,1-2H3;1H2,2-3H3,(H2,6,7);2H,1H2. The summed E-state index contributed by atoms with van der Waals surface area (Å²) >= 11 is 0. The van der Waals surface area contributed by atoms with E-state index in [4.69, 9.17) is 11.1 Å². The highest BCUT2D eigenvalue weighted by atomic mass is 14.8. The maximum Gasteiger partial charge on any atom is 0.0960 e. The van der Waals surface area contributed by atoms with Crippen LogP contribution in [-0.4, -0.2) is 19.1 Å². The molecule has 0 bridgehead atoms. The first-order valence-electron chi connectivity index (χ1n) is 6.08. The predicted molar refractivity (Wildman–Crippen MR) is 87.3 cm³/mol. The molecule has 0 radical (unpaired) electrons. The molecule has 0 heterocycles. The molecular weight excluding hydrogens is 236 g/mol. The van der Waals surface area contributed by atoms with Gasteiger partial charge in [0.15, 0.2) is 0 Å². The topological polar surface area (TPSA) is 74.3 Å². The van der Waals surface area contributed by atoms with E-state index < -0.39 is 0 Å². The summed E-state index contributed by atoms with van der Waals surface area (Å²) in [7, 11) is 0. The lowest BCUT2D eigenvalue weighted by Gasteiger charge is -2.01. The smallest absolute Gasteiger partial charge is 0.0960 e. The average molecular weight is 262 g/mol. The van der Waals surface area contributed by atoms with Gasteiger partial charge in [0.2, 0.25) is 0 Å². The van der Waals surface area contributed by atoms with Gasteiger partial charge < -0.3 is 16.5 Å². The molecule has 1 rings (SSSR count). The predicted octanol–water partition coefficient (Wildman–Crippen LogP) is 3.59. The molecule has 0 aliphatic heterocycles.